The van der Waals surface area contributed by atoms with E-state index in [2.05, 4.69) is 19.1 Å². The maximum absolute atomic E-state index is 13.4. The summed E-state index contributed by atoms with van der Waals surface area (Å²) in [6.45, 7) is 7.42. The summed E-state index contributed by atoms with van der Waals surface area (Å²) in [5, 5.41) is 10.4. The predicted octanol–water partition coefficient (Wildman–Crippen LogP) is 2.39. The molecule has 1 saturated carbocycles. The maximum Gasteiger partial charge on any atom is 0.254 e. The van der Waals surface area contributed by atoms with Gasteiger partial charge in [0.05, 0.1) is 11.1 Å². The number of aryl methyl sites for hydroxylation is 2. The lowest BCUT2D eigenvalue weighted by Crippen LogP contribution is -2.52. The lowest BCUT2D eigenvalue weighted by atomic mass is 9.98. The highest BCUT2D eigenvalue weighted by Gasteiger charge is 2.30. The number of benzene rings is 1. The Balaban J connectivity index is 1.65. The number of piperazine rings is 1. The molecular weight excluding hydrogens is 354 g/mol. The van der Waals surface area contributed by atoms with Crippen LogP contribution in [0, 0.1) is 13.8 Å². The smallest absolute Gasteiger partial charge is 0.254 e. The van der Waals surface area contributed by atoms with Crippen LogP contribution in [0.3, 0.4) is 0 Å². The number of nitrogens with zero attached hydrogens (tertiary/aromatic N) is 3. The second kappa shape index (κ2) is 7.17. The van der Waals surface area contributed by atoms with Crippen molar-refractivity contribution >= 4 is 22.7 Å². The van der Waals surface area contributed by atoms with Crippen LogP contribution in [0.4, 0.5) is 0 Å². The molecule has 6 heteroatoms. The molecule has 148 valence electrons. The zero-order valence-corrected chi connectivity index (χ0v) is 16.7. The largest absolute Gasteiger partial charge is 0.384 e. The van der Waals surface area contributed by atoms with Crippen LogP contribution in [0.15, 0.2) is 18.2 Å². The monoisotopic (exact) mass is 381 g/mol. The van der Waals surface area contributed by atoms with Gasteiger partial charge in [-0.05, 0) is 56.9 Å². The third-order valence-electron chi connectivity index (χ3n) is 5.73. The first kappa shape index (κ1) is 18.9. The molecule has 2 aromatic rings. The molecule has 1 saturated heterocycles. The fourth-order valence-corrected chi connectivity index (χ4v) is 4.10. The van der Waals surface area contributed by atoms with Gasteiger partial charge in [-0.3, -0.25) is 14.6 Å². The first-order chi connectivity index (χ1) is 13.3. The number of carbonyl (C=O) groups is 2. The highest BCUT2D eigenvalue weighted by Crippen LogP contribution is 2.40. The van der Waals surface area contributed by atoms with Crippen molar-refractivity contribution in [1.82, 2.24) is 14.8 Å². The molecule has 1 aliphatic carbocycles. The number of fused-ring (bicyclic) bond motifs is 1. The number of pyridine rings is 1. The molecular formula is C22H27N3O3. The number of hydrogen-bond donors (Lipinski definition) is 1. The normalized spacial score (nSPS) is 18.4. The van der Waals surface area contributed by atoms with Crippen molar-refractivity contribution in [1.29, 1.82) is 0 Å². The molecule has 0 bridgehead atoms. The van der Waals surface area contributed by atoms with Crippen molar-refractivity contribution in [2.75, 3.05) is 26.2 Å². The van der Waals surface area contributed by atoms with Gasteiger partial charge < -0.3 is 14.9 Å². The van der Waals surface area contributed by atoms with E-state index in [-0.39, 0.29) is 11.8 Å². The van der Waals surface area contributed by atoms with Crippen molar-refractivity contribution < 1.29 is 14.7 Å². The van der Waals surface area contributed by atoms with Crippen molar-refractivity contribution in [3.63, 3.8) is 0 Å². The van der Waals surface area contributed by atoms with E-state index < -0.39 is 6.10 Å². The molecule has 2 aliphatic rings. The molecule has 2 fully saturated rings. The minimum atomic E-state index is -1.00. The molecule has 28 heavy (non-hydrogen) atoms. The van der Waals surface area contributed by atoms with Gasteiger partial charge in [-0.15, -0.1) is 0 Å². The summed E-state index contributed by atoms with van der Waals surface area (Å²) in [6.07, 6.45) is 1.27. The van der Waals surface area contributed by atoms with Gasteiger partial charge >= 0.3 is 0 Å². The van der Waals surface area contributed by atoms with Crippen LogP contribution in [0.5, 0.6) is 0 Å². The third-order valence-corrected chi connectivity index (χ3v) is 5.73. The Hall–Kier alpha value is -2.47. The average molecular weight is 381 g/mol. The fourth-order valence-electron chi connectivity index (χ4n) is 4.10. The Morgan fingerprint density at radius 3 is 2.32 bits per heavy atom. The highest BCUT2D eigenvalue weighted by molar-refractivity contribution is 6.07. The Morgan fingerprint density at radius 1 is 1.07 bits per heavy atom. The Morgan fingerprint density at radius 2 is 1.71 bits per heavy atom. The van der Waals surface area contributed by atoms with E-state index in [0.29, 0.717) is 32.1 Å². The van der Waals surface area contributed by atoms with Crippen LogP contribution < -0.4 is 0 Å². The molecule has 1 unspecified atom stereocenters. The quantitative estimate of drug-likeness (QED) is 0.886. The first-order valence-corrected chi connectivity index (χ1v) is 10.0. The minimum Gasteiger partial charge on any atom is -0.384 e. The van der Waals surface area contributed by atoms with Gasteiger partial charge in [0, 0.05) is 43.2 Å². The summed E-state index contributed by atoms with van der Waals surface area (Å²) in [4.78, 5) is 33.7. The van der Waals surface area contributed by atoms with Crippen molar-refractivity contribution in [2.45, 2.75) is 45.6 Å². The van der Waals surface area contributed by atoms with Gasteiger partial charge in [0.15, 0.2) is 0 Å². The topological polar surface area (TPSA) is 73.7 Å². The van der Waals surface area contributed by atoms with Gasteiger partial charge in [0.2, 0.25) is 0 Å². The Labute approximate surface area is 165 Å². The van der Waals surface area contributed by atoms with Gasteiger partial charge in [-0.25, -0.2) is 0 Å². The van der Waals surface area contributed by atoms with Crippen molar-refractivity contribution in [3.05, 3.63) is 40.6 Å². The summed E-state index contributed by atoms with van der Waals surface area (Å²) in [5.74, 6) is 0.200. The van der Waals surface area contributed by atoms with E-state index >= 15 is 0 Å². The number of carbonyl (C=O) groups excluding carboxylic acids is 2. The zero-order chi connectivity index (χ0) is 20.0. The molecule has 1 atom stereocenters. The summed E-state index contributed by atoms with van der Waals surface area (Å²) < 4.78 is 0. The maximum atomic E-state index is 13.4. The lowest BCUT2D eigenvalue weighted by Gasteiger charge is -2.35. The number of aliphatic hydroxyl groups excluding tert-OH is 1. The molecule has 2 heterocycles. The second-order valence-corrected chi connectivity index (χ2v) is 8.14. The predicted molar refractivity (Wildman–Crippen MR) is 107 cm³/mol. The number of rotatable bonds is 3. The minimum absolute atomic E-state index is 0.00500. The first-order valence-electron chi connectivity index (χ1n) is 10.0. The van der Waals surface area contributed by atoms with E-state index in [0.717, 1.165) is 46.1 Å². The van der Waals surface area contributed by atoms with Crippen LogP contribution in [0.25, 0.3) is 10.9 Å². The SMILES string of the molecule is Cc1cc(C)c2c(C(=O)N3CCN(C(=O)C(C)O)CC3)cc(C3CC3)nc2c1. The fraction of sp³-hybridized carbons (Fsp3) is 0.500. The van der Waals surface area contributed by atoms with E-state index in [9.17, 15) is 14.7 Å². The molecule has 1 N–H and O–H groups in total. The number of hydrogen-bond acceptors (Lipinski definition) is 4. The van der Waals surface area contributed by atoms with Crippen LogP contribution in [0.1, 0.15) is 52.9 Å². The van der Waals surface area contributed by atoms with Crippen LogP contribution in [-0.2, 0) is 4.79 Å². The molecule has 6 nitrogen and oxygen atoms in total. The van der Waals surface area contributed by atoms with Gasteiger partial charge in [-0.2, -0.15) is 0 Å². The average Bonchev–Trinajstić information content (AvgIpc) is 3.51. The number of aliphatic hydroxyl groups is 1. The summed E-state index contributed by atoms with van der Waals surface area (Å²) in [6, 6.07) is 6.14. The van der Waals surface area contributed by atoms with E-state index in [1.165, 1.54) is 6.92 Å². The van der Waals surface area contributed by atoms with Crippen LogP contribution >= 0.6 is 0 Å². The second-order valence-electron chi connectivity index (χ2n) is 8.14. The van der Waals surface area contributed by atoms with Gasteiger partial charge in [0.1, 0.15) is 6.10 Å². The molecule has 1 aromatic heterocycles. The Bertz CT molecular complexity index is 942. The van der Waals surface area contributed by atoms with Gasteiger partial charge in [0.25, 0.3) is 11.8 Å². The third kappa shape index (κ3) is 3.49. The number of aromatic nitrogens is 1. The van der Waals surface area contributed by atoms with E-state index in [4.69, 9.17) is 4.98 Å². The molecule has 4 rings (SSSR count). The summed E-state index contributed by atoms with van der Waals surface area (Å²) in [5.41, 5.74) is 4.85. The molecule has 1 aliphatic heterocycles. The van der Waals surface area contributed by atoms with Crippen LogP contribution in [0.2, 0.25) is 0 Å². The molecule has 0 radical (unpaired) electrons. The van der Waals surface area contributed by atoms with E-state index in [1.807, 2.05) is 17.9 Å². The van der Waals surface area contributed by atoms with E-state index in [1.54, 1.807) is 4.90 Å². The molecule has 2 amide bonds. The highest BCUT2D eigenvalue weighted by atomic mass is 16.3. The zero-order valence-electron chi connectivity index (χ0n) is 16.7. The summed E-state index contributed by atoms with van der Waals surface area (Å²) >= 11 is 0. The van der Waals surface area contributed by atoms with Crippen molar-refractivity contribution in [3.8, 4) is 0 Å². The lowest BCUT2D eigenvalue weighted by molar-refractivity contribution is -0.140. The summed E-state index contributed by atoms with van der Waals surface area (Å²) in [7, 11) is 0. The van der Waals surface area contributed by atoms with Gasteiger partial charge in [-0.1, -0.05) is 6.07 Å². The number of amides is 2. The van der Waals surface area contributed by atoms with Crippen LogP contribution in [-0.4, -0.2) is 64.0 Å². The molecule has 0 spiro atoms. The standard InChI is InChI=1S/C22H27N3O3/c1-13-10-14(2)20-17(12-18(16-4-5-16)23-19(20)11-13)22(28)25-8-6-24(7-9-25)21(27)15(3)26/h10-12,15-16,26H,4-9H2,1-3H3. The molecule has 1 aromatic carbocycles. The van der Waals surface area contributed by atoms with Crippen molar-refractivity contribution in [2.24, 2.45) is 0 Å². The Kier molecular flexibility index (Phi) is 4.83.